The highest BCUT2D eigenvalue weighted by molar-refractivity contribution is 5.96. The van der Waals surface area contributed by atoms with Gasteiger partial charge in [0.05, 0.1) is 7.05 Å². The molecule has 5 nitrogen and oxygen atoms in total. The van der Waals surface area contributed by atoms with Gasteiger partial charge in [0.15, 0.2) is 6.54 Å². The van der Waals surface area contributed by atoms with Gasteiger partial charge in [0.2, 0.25) is 5.91 Å². The molecule has 0 aliphatic carbocycles. The maximum absolute atomic E-state index is 12.9. The highest BCUT2D eigenvalue weighted by Gasteiger charge is 2.21. The van der Waals surface area contributed by atoms with E-state index in [4.69, 9.17) is 0 Å². The number of quaternary nitrogens is 1. The summed E-state index contributed by atoms with van der Waals surface area (Å²) >= 11 is 0. The first-order valence-corrected chi connectivity index (χ1v) is 8.77. The van der Waals surface area contributed by atoms with Crippen molar-refractivity contribution in [2.45, 2.75) is 19.4 Å². The predicted octanol–water partition coefficient (Wildman–Crippen LogP) is 1.61. The molecule has 6 heteroatoms. The Morgan fingerprint density at radius 3 is 2.46 bits per heavy atom. The zero-order valence-electron chi connectivity index (χ0n) is 14.8. The number of likely N-dealkylation sites (N-methyl/N-ethyl adjacent to an activating group) is 1. The third-order valence-electron chi connectivity index (χ3n) is 4.42. The summed E-state index contributed by atoms with van der Waals surface area (Å²) in [5, 5.41) is 2.87. The summed E-state index contributed by atoms with van der Waals surface area (Å²) in [6.07, 6.45) is 1.49. The molecule has 1 fully saturated rings. The van der Waals surface area contributed by atoms with E-state index in [1.807, 2.05) is 31.3 Å². The van der Waals surface area contributed by atoms with Gasteiger partial charge in [0.1, 0.15) is 12.4 Å². The Morgan fingerprint density at radius 1 is 1.15 bits per heavy atom. The molecule has 2 amide bonds. The van der Waals surface area contributed by atoms with Gasteiger partial charge in [0, 0.05) is 29.9 Å². The van der Waals surface area contributed by atoms with Gasteiger partial charge in [-0.25, -0.2) is 4.39 Å². The minimum atomic E-state index is -0.261. The average Bonchev–Trinajstić information content (AvgIpc) is 3.03. The molecule has 2 aromatic carbocycles. The molecule has 26 heavy (non-hydrogen) atoms. The fraction of sp³-hybridized carbons (Fsp3) is 0.300. The molecule has 0 bridgehead atoms. The van der Waals surface area contributed by atoms with E-state index in [0.29, 0.717) is 25.2 Å². The predicted molar refractivity (Wildman–Crippen MR) is 98.5 cm³/mol. The molecule has 1 saturated heterocycles. The van der Waals surface area contributed by atoms with Crippen molar-refractivity contribution in [1.82, 2.24) is 0 Å². The van der Waals surface area contributed by atoms with Gasteiger partial charge in [-0.2, -0.15) is 0 Å². The topological polar surface area (TPSA) is 53.9 Å². The molecule has 136 valence electrons. The molecule has 0 spiro atoms. The summed E-state index contributed by atoms with van der Waals surface area (Å²) in [7, 11) is 1.92. The summed E-state index contributed by atoms with van der Waals surface area (Å²) in [6, 6.07) is 13.7. The molecule has 1 atom stereocenters. The Balaban J connectivity index is 1.51. The lowest BCUT2D eigenvalue weighted by molar-refractivity contribution is -0.885. The number of rotatable bonds is 6. The Labute approximate surface area is 152 Å². The number of hydrogen-bond acceptors (Lipinski definition) is 2. The summed E-state index contributed by atoms with van der Waals surface area (Å²) in [4.78, 5) is 26.7. The first-order chi connectivity index (χ1) is 12.5. The normalized spacial score (nSPS) is 15.2. The van der Waals surface area contributed by atoms with Crippen LogP contribution in [0.5, 0.6) is 0 Å². The van der Waals surface area contributed by atoms with Gasteiger partial charge < -0.3 is 15.1 Å². The number of benzene rings is 2. The number of hydrogen-bond donors (Lipinski definition) is 2. The second-order valence-corrected chi connectivity index (χ2v) is 6.68. The Hall–Kier alpha value is -2.73. The number of nitrogens with one attached hydrogen (secondary N) is 2. The average molecular weight is 356 g/mol. The third kappa shape index (κ3) is 4.67. The van der Waals surface area contributed by atoms with Crippen LogP contribution >= 0.6 is 0 Å². The van der Waals surface area contributed by atoms with E-state index in [1.165, 1.54) is 12.1 Å². The number of anilines is 2. The summed E-state index contributed by atoms with van der Waals surface area (Å²) in [5.74, 6) is -0.203. The van der Waals surface area contributed by atoms with E-state index in [1.54, 1.807) is 17.0 Å². The van der Waals surface area contributed by atoms with Crippen molar-refractivity contribution in [2.75, 3.05) is 30.4 Å². The van der Waals surface area contributed by atoms with Crippen molar-refractivity contribution in [3.05, 3.63) is 59.9 Å². The van der Waals surface area contributed by atoms with Crippen LogP contribution in [0.1, 0.15) is 18.4 Å². The minimum Gasteiger partial charge on any atom is -0.326 e. The number of halogens is 1. The molecule has 0 radical (unpaired) electrons. The van der Waals surface area contributed by atoms with Crippen LogP contribution in [0.25, 0.3) is 0 Å². The van der Waals surface area contributed by atoms with Crippen LogP contribution in [0.4, 0.5) is 15.8 Å². The zero-order valence-corrected chi connectivity index (χ0v) is 14.8. The van der Waals surface area contributed by atoms with Crippen molar-refractivity contribution < 1.29 is 18.9 Å². The molecular weight excluding hydrogens is 333 g/mol. The Kier molecular flexibility index (Phi) is 5.63. The third-order valence-corrected chi connectivity index (χ3v) is 4.42. The van der Waals surface area contributed by atoms with Gasteiger partial charge in [0.25, 0.3) is 5.91 Å². The molecule has 3 rings (SSSR count). The first-order valence-electron chi connectivity index (χ1n) is 8.77. The van der Waals surface area contributed by atoms with Crippen LogP contribution in [0.2, 0.25) is 0 Å². The molecule has 2 aromatic rings. The monoisotopic (exact) mass is 356 g/mol. The second-order valence-electron chi connectivity index (χ2n) is 6.68. The highest BCUT2D eigenvalue weighted by atomic mass is 19.1. The number of amides is 2. The molecule has 1 heterocycles. The van der Waals surface area contributed by atoms with Crippen molar-refractivity contribution in [1.29, 1.82) is 0 Å². The maximum atomic E-state index is 12.9. The van der Waals surface area contributed by atoms with Crippen LogP contribution in [0, 0.1) is 5.82 Å². The molecule has 0 saturated carbocycles. The van der Waals surface area contributed by atoms with Gasteiger partial charge in [-0.15, -0.1) is 0 Å². The van der Waals surface area contributed by atoms with E-state index in [-0.39, 0.29) is 17.6 Å². The van der Waals surface area contributed by atoms with Gasteiger partial charge in [-0.3, -0.25) is 9.59 Å². The molecule has 2 N–H and O–H groups in total. The summed E-state index contributed by atoms with van der Waals surface area (Å²) in [5.41, 5.74) is 2.56. The van der Waals surface area contributed by atoms with Gasteiger partial charge >= 0.3 is 0 Å². The zero-order chi connectivity index (χ0) is 18.5. The lowest BCUT2D eigenvalue weighted by Crippen LogP contribution is -3.08. The fourth-order valence-corrected chi connectivity index (χ4v) is 3.14. The number of carbonyl (C=O) groups excluding carboxylic acids is 2. The van der Waals surface area contributed by atoms with Crippen molar-refractivity contribution in [2.24, 2.45) is 0 Å². The molecule has 0 aromatic heterocycles. The van der Waals surface area contributed by atoms with Crippen LogP contribution in [-0.4, -0.2) is 32.0 Å². The van der Waals surface area contributed by atoms with Gasteiger partial charge in [-0.05, 0) is 42.8 Å². The van der Waals surface area contributed by atoms with E-state index < -0.39 is 0 Å². The van der Waals surface area contributed by atoms with Crippen molar-refractivity contribution in [3.63, 3.8) is 0 Å². The first kappa shape index (κ1) is 18.1. The summed E-state index contributed by atoms with van der Waals surface area (Å²) < 4.78 is 12.9. The fourth-order valence-electron chi connectivity index (χ4n) is 3.14. The van der Waals surface area contributed by atoms with Gasteiger partial charge in [-0.1, -0.05) is 12.1 Å². The van der Waals surface area contributed by atoms with Crippen LogP contribution < -0.4 is 15.1 Å². The van der Waals surface area contributed by atoms with Crippen molar-refractivity contribution >= 4 is 23.2 Å². The molecule has 1 aliphatic rings. The van der Waals surface area contributed by atoms with E-state index in [2.05, 4.69) is 5.32 Å². The van der Waals surface area contributed by atoms with E-state index >= 15 is 0 Å². The standard InChI is InChI=1S/C20H22FN3O2/c1-23(13-15-4-6-16(21)7-5-15)14-19(25)22-17-8-10-18(11-9-17)24-12-2-3-20(24)26/h4-11H,2-3,12-14H2,1H3,(H,22,25)/p+1. The summed E-state index contributed by atoms with van der Waals surface area (Å²) in [6.45, 7) is 1.70. The van der Waals surface area contributed by atoms with E-state index in [0.717, 1.165) is 29.1 Å². The Morgan fingerprint density at radius 2 is 1.85 bits per heavy atom. The SMILES string of the molecule is C[NH+](CC(=O)Nc1ccc(N2CCCC2=O)cc1)Cc1ccc(F)cc1. The van der Waals surface area contributed by atoms with Crippen molar-refractivity contribution in [3.8, 4) is 0 Å². The smallest absolute Gasteiger partial charge is 0.279 e. The number of nitrogens with zero attached hydrogens (tertiary/aromatic N) is 1. The van der Waals surface area contributed by atoms with Crippen LogP contribution in [-0.2, 0) is 16.1 Å². The lowest BCUT2D eigenvalue weighted by Gasteiger charge is -2.16. The molecular formula is C20H23FN3O2+. The highest BCUT2D eigenvalue weighted by Crippen LogP contribution is 2.22. The molecule has 1 aliphatic heterocycles. The van der Waals surface area contributed by atoms with Crippen LogP contribution in [0.15, 0.2) is 48.5 Å². The second kappa shape index (κ2) is 8.10. The maximum Gasteiger partial charge on any atom is 0.279 e. The van der Waals surface area contributed by atoms with Crippen LogP contribution in [0.3, 0.4) is 0 Å². The molecule has 1 unspecified atom stereocenters. The quantitative estimate of drug-likeness (QED) is 0.826. The Bertz CT molecular complexity index is 775. The van der Waals surface area contributed by atoms with E-state index in [9.17, 15) is 14.0 Å². The largest absolute Gasteiger partial charge is 0.326 e. The lowest BCUT2D eigenvalue weighted by atomic mass is 10.2. The number of carbonyl (C=O) groups is 2. The minimum absolute atomic E-state index is 0.0883.